The Morgan fingerprint density at radius 2 is 1.17 bits per heavy atom. The molecule has 0 aromatic rings. The van der Waals surface area contributed by atoms with Crippen molar-refractivity contribution < 1.29 is 17.9 Å². The third-order valence-corrected chi connectivity index (χ3v) is 0. The molecule has 0 nitrogen and oxygen atoms in total. The Morgan fingerprint density at radius 1 is 1.17 bits per heavy atom. The van der Waals surface area contributed by atoms with E-state index in [2.05, 4.69) is 6.58 Å². The van der Waals surface area contributed by atoms with E-state index in [0.29, 0.717) is 0 Å². The molecule has 0 aliphatic carbocycles. The Kier molecular flexibility index (Phi) is 13.3. The fourth-order valence-corrected chi connectivity index (χ4v) is 0. The van der Waals surface area contributed by atoms with Crippen molar-refractivity contribution in [3.8, 4) is 0 Å². The molecule has 0 heterocycles. The van der Waals surface area contributed by atoms with Crippen LogP contribution in [0.4, 0.5) is 17.9 Å². The molecular formula is C2H2F4. The molecular weight excluding hydrogens is 100 g/mol. The van der Waals surface area contributed by atoms with Crippen LogP contribution in [0.25, 0.3) is 0 Å². The number of hydrogen-bond acceptors (Lipinski definition) is 0. The second kappa shape index (κ2) is 8.82. The summed E-state index contributed by atoms with van der Waals surface area (Å²) in [4.78, 5) is 0. The van der Waals surface area contributed by atoms with E-state index >= 15 is 0 Å². The van der Waals surface area contributed by atoms with Crippen LogP contribution in [0.3, 0.4) is 0 Å². The van der Waals surface area contributed by atoms with Gasteiger partial charge < -0.3 is 0 Å². The SMILES string of the molecule is C=C(F)F.FF. The van der Waals surface area contributed by atoms with E-state index in [0.717, 1.165) is 0 Å². The van der Waals surface area contributed by atoms with E-state index < -0.39 is 6.08 Å². The molecule has 0 spiro atoms. The van der Waals surface area contributed by atoms with Crippen molar-refractivity contribution in [2.24, 2.45) is 0 Å². The van der Waals surface area contributed by atoms with Crippen molar-refractivity contribution in [2.75, 3.05) is 0 Å². The van der Waals surface area contributed by atoms with Crippen LogP contribution in [0.15, 0.2) is 12.7 Å². The van der Waals surface area contributed by atoms with Crippen LogP contribution in [0, 0.1) is 0 Å². The minimum absolute atomic E-state index is 1.83. The maximum atomic E-state index is 10.1. The van der Waals surface area contributed by atoms with E-state index in [9.17, 15) is 8.78 Å². The summed E-state index contributed by atoms with van der Waals surface area (Å²) in [6, 6.07) is 0. The summed E-state index contributed by atoms with van der Waals surface area (Å²) in [6.07, 6.45) is -1.83. The van der Waals surface area contributed by atoms with E-state index in [-0.39, 0.29) is 0 Å². The normalized spacial score (nSPS) is 5.33. The smallest absolute Gasteiger partial charge is 0.174 e. The van der Waals surface area contributed by atoms with Crippen LogP contribution in [0.5, 0.6) is 0 Å². The van der Waals surface area contributed by atoms with Gasteiger partial charge in [0.2, 0.25) is 0 Å². The molecule has 0 aromatic heterocycles. The van der Waals surface area contributed by atoms with Crippen LogP contribution >= 0.6 is 0 Å². The van der Waals surface area contributed by atoms with E-state index in [1.54, 1.807) is 0 Å². The zero-order valence-corrected chi connectivity index (χ0v) is 2.72. The molecule has 0 rings (SSSR count). The standard InChI is InChI=1S/C2H2F2.F2/c1-2(3)4;1-2/h1H2;. The van der Waals surface area contributed by atoms with Crippen molar-refractivity contribution >= 4 is 0 Å². The summed E-state index contributed by atoms with van der Waals surface area (Å²) in [5.41, 5.74) is 0. The quantitative estimate of drug-likeness (QED) is 0.411. The van der Waals surface area contributed by atoms with Crippen molar-refractivity contribution in [1.29, 1.82) is 0 Å². The van der Waals surface area contributed by atoms with Crippen LogP contribution in [-0.4, -0.2) is 0 Å². The summed E-state index contributed by atoms with van der Waals surface area (Å²) >= 11 is 0. The van der Waals surface area contributed by atoms with Crippen LogP contribution in [0.1, 0.15) is 0 Å². The number of halogens is 4. The molecule has 0 atom stereocenters. The summed E-state index contributed by atoms with van der Waals surface area (Å²) in [5.74, 6) is 0. The minimum atomic E-state index is -1.83. The zero-order valence-electron chi connectivity index (χ0n) is 2.72. The van der Waals surface area contributed by atoms with Gasteiger partial charge in [0, 0.05) is 9.15 Å². The van der Waals surface area contributed by atoms with Gasteiger partial charge in [-0.2, -0.15) is 8.78 Å². The first-order valence-corrected chi connectivity index (χ1v) is 0.874. The van der Waals surface area contributed by atoms with Gasteiger partial charge in [0.25, 0.3) is 6.08 Å². The van der Waals surface area contributed by atoms with E-state index in [1.165, 1.54) is 0 Å². The van der Waals surface area contributed by atoms with Crippen LogP contribution < -0.4 is 0 Å². The second-order valence-electron chi connectivity index (χ2n) is 0.339. The Bertz CT molecular complexity index is 28.5. The molecule has 0 aromatic carbocycles. The summed E-state index contributed by atoms with van der Waals surface area (Å²) in [7, 11) is 0. The molecule has 4 heteroatoms. The minimum Gasteiger partial charge on any atom is -0.174 e. The topological polar surface area (TPSA) is 0 Å². The lowest BCUT2D eigenvalue weighted by Crippen LogP contribution is -1.33. The fraction of sp³-hybridized carbons (Fsp3) is 0. The molecule has 6 heavy (non-hydrogen) atoms. The van der Waals surface area contributed by atoms with Gasteiger partial charge in [-0.05, 0) is 6.58 Å². The van der Waals surface area contributed by atoms with Gasteiger partial charge >= 0.3 is 0 Å². The maximum absolute atomic E-state index is 10.1. The monoisotopic (exact) mass is 102 g/mol. The molecule has 0 saturated carbocycles. The highest BCUT2D eigenvalue weighted by Gasteiger charge is 1.65. The number of hydrogen-bond donors (Lipinski definition) is 0. The zero-order chi connectivity index (χ0) is 5.58. The average molecular weight is 102 g/mol. The van der Waals surface area contributed by atoms with Gasteiger partial charge in [-0.15, -0.1) is 0 Å². The highest BCUT2D eigenvalue weighted by Crippen LogP contribution is 1.85. The van der Waals surface area contributed by atoms with Gasteiger partial charge in [-0.1, -0.05) is 0 Å². The third-order valence-electron chi connectivity index (χ3n) is 0. The molecule has 0 N–H and O–H groups in total. The maximum Gasteiger partial charge on any atom is 0.263 e. The predicted molar refractivity (Wildman–Crippen MR) is 13.6 cm³/mol. The summed E-state index contributed by atoms with van der Waals surface area (Å²) in [5, 5.41) is 0. The van der Waals surface area contributed by atoms with Gasteiger partial charge in [0.05, 0.1) is 0 Å². The molecule has 0 fully saturated rings. The largest absolute Gasteiger partial charge is 0.263 e. The van der Waals surface area contributed by atoms with Crippen molar-refractivity contribution in [3.63, 3.8) is 0 Å². The fourth-order valence-electron chi connectivity index (χ4n) is 0. The highest BCUT2D eigenvalue weighted by atomic mass is 20.0. The van der Waals surface area contributed by atoms with Crippen LogP contribution in [-0.2, 0) is 0 Å². The van der Waals surface area contributed by atoms with Gasteiger partial charge in [0.15, 0.2) is 0 Å². The van der Waals surface area contributed by atoms with E-state index in [4.69, 9.17) is 9.15 Å². The van der Waals surface area contributed by atoms with Crippen molar-refractivity contribution in [1.82, 2.24) is 0 Å². The molecule has 0 aliphatic heterocycles. The first kappa shape index (κ1) is 9.07. The molecule has 38 valence electrons. The first-order chi connectivity index (χ1) is 2.73. The highest BCUT2D eigenvalue weighted by molar-refractivity contribution is 4.57. The van der Waals surface area contributed by atoms with Gasteiger partial charge in [0.1, 0.15) is 0 Å². The average Bonchev–Trinajstić information content (AvgIpc) is 1.41. The molecule has 0 saturated heterocycles. The lowest BCUT2D eigenvalue weighted by Gasteiger charge is -1.54. The van der Waals surface area contributed by atoms with Gasteiger partial charge in [-0.25, -0.2) is 0 Å². The van der Waals surface area contributed by atoms with Gasteiger partial charge in [-0.3, -0.25) is 0 Å². The predicted octanol–water partition coefficient (Wildman–Crippen LogP) is 2.24. The molecule has 0 aliphatic rings. The molecule has 0 unspecified atom stereocenters. The Hall–Kier alpha value is -0.540. The molecule has 0 radical (unpaired) electrons. The van der Waals surface area contributed by atoms with Crippen molar-refractivity contribution in [2.45, 2.75) is 0 Å². The number of rotatable bonds is 0. The third kappa shape index (κ3) is 71.8. The Morgan fingerprint density at radius 3 is 1.17 bits per heavy atom. The summed E-state index contributed by atoms with van der Waals surface area (Å²) in [6.45, 7) is 2.22. The Labute approximate surface area is 31.9 Å². The lowest BCUT2D eigenvalue weighted by atomic mass is 11.2. The molecule has 0 amide bonds. The van der Waals surface area contributed by atoms with Crippen molar-refractivity contribution in [3.05, 3.63) is 12.7 Å². The first-order valence-electron chi connectivity index (χ1n) is 0.874. The molecule has 0 bridgehead atoms. The second-order valence-corrected chi connectivity index (χ2v) is 0.339. The Balaban J connectivity index is 0. The van der Waals surface area contributed by atoms with Crippen LogP contribution in [0.2, 0.25) is 0 Å². The lowest BCUT2D eigenvalue weighted by molar-refractivity contribution is 0.108. The summed E-state index contributed by atoms with van der Waals surface area (Å²) < 4.78 is 36.3. The van der Waals surface area contributed by atoms with E-state index in [1.807, 2.05) is 0 Å².